The van der Waals surface area contributed by atoms with E-state index in [9.17, 15) is 5.11 Å². The molecule has 1 unspecified atom stereocenters. The number of β-amino-alcohol motifs (C(OH)–C–C–N with tert-alkyl or cyclic N) is 1. The third kappa shape index (κ3) is 5.28. The lowest BCUT2D eigenvalue weighted by atomic mass is 10.2. The molecule has 21 heavy (non-hydrogen) atoms. The van der Waals surface area contributed by atoms with Gasteiger partial charge in [-0.15, -0.1) is 0 Å². The van der Waals surface area contributed by atoms with Crippen LogP contribution in [0.5, 0.6) is 5.75 Å². The summed E-state index contributed by atoms with van der Waals surface area (Å²) in [6.07, 6.45) is -0.442. The van der Waals surface area contributed by atoms with Gasteiger partial charge in [-0.25, -0.2) is 0 Å². The van der Waals surface area contributed by atoms with Crippen molar-refractivity contribution in [2.24, 2.45) is 0 Å². The monoisotopic (exact) mass is 294 g/mol. The molecule has 5 heteroatoms. The number of para-hydroxylation sites is 1. The van der Waals surface area contributed by atoms with Crippen molar-refractivity contribution in [2.45, 2.75) is 12.7 Å². The highest BCUT2D eigenvalue weighted by Gasteiger charge is 2.17. The molecule has 0 radical (unpaired) electrons. The van der Waals surface area contributed by atoms with Gasteiger partial charge in [-0.05, 0) is 13.1 Å². The van der Waals surface area contributed by atoms with Gasteiger partial charge in [0.1, 0.15) is 5.75 Å². The van der Waals surface area contributed by atoms with Crippen LogP contribution < -0.4 is 4.74 Å². The first kappa shape index (κ1) is 16.2. The number of methoxy groups -OCH3 is 1. The van der Waals surface area contributed by atoms with E-state index in [1.165, 1.54) is 0 Å². The first-order valence-corrected chi connectivity index (χ1v) is 7.47. The van der Waals surface area contributed by atoms with Crippen molar-refractivity contribution < 1.29 is 14.6 Å². The van der Waals surface area contributed by atoms with E-state index in [1.807, 2.05) is 24.3 Å². The lowest BCUT2D eigenvalue weighted by Crippen LogP contribution is -2.47. The van der Waals surface area contributed by atoms with E-state index < -0.39 is 6.10 Å². The number of nitrogens with zero attached hydrogens (tertiary/aromatic N) is 2. The molecule has 1 aliphatic rings. The molecule has 0 saturated carbocycles. The Balaban J connectivity index is 1.68. The Morgan fingerprint density at radius 3 is 2.62 bits per heavy atom. The predicted molar refractivity (Wildman–Crippen MR) is 82.6 cm³/mol. The van der Waals surface area contributed by atoms with Crippen LogP contribution in [0.2, 0.25) is 0 Å². The van der Waals surface area contributed by atoms with E-state index in [0.29, 0.717) is 19.8 Å². The van der Waals surface area contributed by atoms with Gasteiger partial charge in [0.25, 0.3) is 0 Å². The summed E-state index contributed by atoms with van der Waals surface area (Å²) < 4.78 is 10.9. The van der Waals surface area contributed by atoms with Crippen LogP contribution in [-0.2, 0) is 11.3 Å². The zero-order valence-corrected chi connectivity index (χ0v) is 13.0. The fourth-order valence-electron chi connectivity index (χ4n) is 2.51. The van der Waals surface area contributed by atoms with Crippen LogP contribution >= 0.6 is 0 Å². The van der Waals surface area contributed by atoms with Crippen molar-refractivity contribution in [1.29, 1.82) is 0 Å². The van der Waals surface area contributed by atoms with Crippen molar-refractivity contribution in [3.8, 4) is 5.75 Å². The summed E-state index contributed by atoms with van der Waals surface area (Å²) in [4.78, 5) is 4.60. The van der Waals surface area contributed by atoms with E-state index in [4.69, 9.17) is 9.47 Å². The molecule has 118 valence electrons. The van der Waals surface area contributed by atoms with Gasteiger partial charge >= 0.3 is 0 Å². The quantitative estimate of drug-likeness (QED) is 0.807. The highest BCUT2D eigenvalue weighted by Crippen LogP contribution is 2.18. The summed E-state index contributed by atoms with van der Waals surface area (Å²) in [5.74, 6) is 0.825. The Labute approximate surface area is 127 Å². The fourth-order valence-corrected chi connectivity index (χ4v) is 2.51. The van der Waals surface area contributed by atoms with E-state index in [-0.39, 0.29) is 0 Å². The maximum atomic E-state index is 10.1. The standard InChI is InChI=1S/C16H26N2O3/c1-17-7-9-18(10-8-17)11-15(19)13-21-12-14-5-3-4-6-16(14)20-2/h3-6,15,19H,7-13H2,1-2H3. The fraction of sp³-hybridized carbons (Fsp3) is 0.625. The number of hydrogen-bond donors (Lipinski definition) is 1. The number of ether oxygens (including phenoxy) is 2. The zero-order valence-electron chi connectivity index (χ0n) is 13.0. The van der Waals surface area contributed by atoms with Crippen LogP contribution in [0, 0.1) is 0 Å². The van der Waals surface area contributed by atoms with E-state index >= 15 is 0 Å². The molecule has 1 N–H and O–H groups in total. The van der Waals surface area contributed by atoms with Gasteiger partial charge in [0, 0.05) is 38.3 Å². The second kappa shape index (κ2) is 8.34. The van der Waals surface area contributed by atoms with Gasteiger partial charge in [0.15, 0.2) is 0 Å². The minimum absolute atomic E-state index is 0.352. The second-order valence-electron chi connectivity index (χ2n) is 5.58. The average Bonchev–Trinajstić information content (AvgIpc) is 2.50. The lowest BCUT2D eigenvalue weighted by molar-refractivity contribution is 0.00255. The molecule has 0 aromatic heterocycles. The minimum Gasteiger partial charge on any atom is -0.496 e. The van der Waals surface area contributed by atoms with E-state index in [0.717, 1.165) is 37.5 Å². The van der Waals surface area contributed by atoms with Crippen molar-refractivity contribution in [1.82, 2.24) is 9.80 Å². The van der Waals surface area contributed by atoms with Gasteiger partial charge in [0.2, 0.25) is 0 Å². The highest BCUT2D eigenvalue weighted by molar-refractivity contribution is 5.32. The van der Waals surface area contributed by atoms with Gasteiger partial charge in [-0.1, -0.05) is 18.2 Å². The SMILES string of the molecule is COc1ccccc1COCC(O)CN1CCN(C)CC1. The number of hydrogen-bond acceptors (Lipinski definition) is 5. The first-order valence-electron chi connectivity index (χ1n) is 7.47. The molecular weight excluding hydrogens is 268 g/mol. The molecule has 1 aliphatic heterocycles. The smallest absolute Gasteiger partial charge is 0.124 e. The highest BCUT2D eigenvalue weighted by atomic mass is 16.5. The Hall–Kier alpha value is -1.14. The number of aliphatic hydroxyl groups excluding tert-OH is 1. The van der Waals surface area contributed by atoms with Crippen molar-refractivity contribution in [3.63, 3.8) is 0 Å². The van der Waals surface area contributed by atoms with Gasteiger partial charge in [-0.2, -0.15) is 0 Å². The van der Waals surface area contributed by atoms with Crippen molar-refractivity contribution >= 4 is 0 Å². The zero-order chi connectivity index (χ0) is 15.1. The lowest BCUT2D eigenvalue weighted by Gasteiger charge is -2.33. The summed E-state index contributed by atoms with van der Waals surface area (Å²) in [5, 5.41) is 10.1. The largest absolute Gasteiger partial charge is 0.496 e. The molecule has 1 heterocycles. The summed E-state index contributed by atoms with van der Waals surface area (Å²) in [6, 6.07) is 7.79. The molecule has 0 amide bonds. The normalized spacial score (nSPS) is 18.6. The maximum absolute atomic E-state index is 10.1. The number of likely N-dealkylation sites (N-methyl/N-ethyl adjacent to an activating group) is 1. The third-order valence-corrected chi connectivity index (χ3v) is 3.83. The Kier molecular flexibility index (Phi) is 6.45. The Morgan fingerprint density at radius 2 is 1.90 bits per heavy atom. The van der Waals surface area contributed by atoms with Crippen LogP contribution in [0.15, 0.2) is 24.3 Å². The molecule has 1 aromatic carbocycles. The van der Waals surface area contributed by atoms with Crippen LogP contribution in [0.4, 0.5) is 0 Å². The summed E-state index contributed by atoms with van der Waals surface area (Å²) in [6.45, 7) is 5.65. The topological polar surface area (TPSA) is 45.2 Å². The number of benzene rings is 1. The van der Waals surface area contributed by atoms with Crippen LogP contribution in [0.3, 0.4) is 0 Å². The molecule has 2 rings (SSSR count). The molecule has 5 nitrogen and oxygen atoms in total. The maximum Gasteiger partial charge on any atom is 0.124 e. The summed E-state index contributed by atoms with van der Waals surface area (Å²) in [7, 11) is 3.78. The van der Waals surface area contributed by atoms with E-state index in [1.54, 1.807) is 7.11 Å². The predicted octanol–water partition coefficient (Wildman–Crippen LogP) is 0.820. The summed E-state index contributed by atoms with van der Waals surface area (Å²) in [5.41, 5.74) is 1.01. The molecular formula is C16H26N2O3. The Morgan fingerprint density at radius 1 is 1.19 bits per heavy atom. The average molecular weight is 294 g/mol. The number of rotatable bonds is 7. The molecule has 1 atom stereocenters. The van der Waals surface area contributed by atoms with Crippen molar-refractivity contribution in [3.05, 3.63) is 29.8 Å². The molecule has 1 fully saturated rings. The number of piperazine rings is 1. The minimum atomic E-state index is -0.442. The Bertz CT molecular complexity index is 420. The van der Waals surface area contributed by atoms with Crippen LogP contribution in [-0.4, -0.2) is 74.5 Å². The van der Waals surface area contributed by atoms with E-state index in [2.05, 4.69) is 16.8 Å². The number of aliphatic hydroxyl groups is 1. The molecule has 1 saturated heterocycles. The van der Waals surface area contributed by atoms with Crippen molar-refractivity contribution in [2.75, 3.05) is 53.5 Å². The first-order chi connectivity index (χ1) is 10.2. The summed E-state index contributed by atoms with van der Waals surface area (Å²) >= 11 is 0. The third-order valence-electron chi connectivity index (χ3n) is 3.83. The second-order valence-corrected chi connectivity index (χ2v) is 5.58. The van der Waals surface area contributed by atoms with Gasteiger partial charge in [0.05, 0.1) is 26.4 Å². The van der Waals surface area contributed by atoms with Gasteiger partial charge < -0.3 is 19.5 Å². The molecule has 1 aromatic rings. The van der Waals surface area contributed by atoms with Crippen LogP contribution in [0.25, 0.3) is 0 Å². The molecule has 0 aliphatic carbocycles. The molecule has 0 bridgehead atoms. The van der Waals surface area contributed by atoms with Crippen LogP contribution in [0.1, 0.15) is 5.56 Å². The molecule has 0 spiro atoms. The van der Waals surface area contributed by atoms with Gasteiger partial charge in [-0.3, -0.25) is 4.90 Å².